The number of halogens is 2. The van der Waals surface area contributed by atoms with Gasteiger partial charge in [0, 0.05) is 15.6 Å². The van der Waals surface area contributed by atoms with Gasteiger partial charge in [-0.05, 0) is 57.2 Å². The zero-order valence-electron chi connectivity index (χ0n) is 16.7. The number of rotatable bonds is 10. The lowest BCUT2D eigenvalue weighted by Crippen LogP contribution is -2.25. The normalized spacial score (nSPS) is 13.0. The van der Waals surface area contributed by atoms with Crippen LogP contribution >= 0.6 is 30.8 Å². The third kappa shape index (κ3) is 6.83. The van der Waals surface area contributed by atoms with E-state index in [1.807, 2.05) is 0 Å². The molecule has 0 saturated heterocycles. The molecule has 0 heterocycles. The third-order valence-corrected chi connectivity index (χ3v) is 6.20. The first kappa shape index (κ1) is 24.4. The highest BCUT2D eigenvalue weighted by Crippen LogP contribution is 2.51. The van der Waals surface area contributed by atoms with E-state index < -0.39 is 19.7 Å². The summed E-state index contributed by atoms with van der Waals surface area (Å²) in [7, 11) is -3.85. The van der Waals surface area contributed by atoms with E-state index in [0.717, 1.165) is 0 Å². The first-order chi connectivity index (χ1) is 14.3. The fourth-order valence-electron chi connectivity index (χ4n) is 2.29. The number of benzene rings is 2. The molecular weight excluding hydrogens is 452 g/mol. The lowest BCUT2D eigenvalue weighted by molar-refractivity contribution is -0.151. The van der Waals surface area contributed by atoms with Gasteiger partial charge in [-0.1, -0.05) is 40.5 Å². The van der Waals surface area contributed by atoms with Crippen molar-refractivity contribution >= 4 is 42.2 Å². The summed E-state index contributed by atoms with van der Waals surface area (Å²) in [4.78, 5) is 17.4. The van der Waals surface area contributed by atoms with Crippen LogP contribution in [0.25, 0.3) is 0 Å². The maximum Gasteiger partial charge on any atom is 0.383 e. The number of oxime groups is 1. The average molecular weight is 474 g/mol. The maximum absolute atomic E-state index is 13.3. The van der Waals surface area contributed by atoms with Crippen LogP contribution in [0.3, 0.4) is 0 Å². The highest BCUT2D eigenvalue weighted by Gasteiger charge is 2.34. The fraction of sp³-hybridized carbons (Fsp3) is 0.300. The molecular formula is C20H22Cl2NO6P. The SMILES string of the molecule is CCOP(=O)(OCC)C(=NOC(=O)C(C)Oc1ccc(Cl)cc1)c1ccc(Cl)cc1. The van der Waals surface area contributed by atoms with Crippen molar-refractivity contribution in [2.24, 2.45) is 5.16 Å². The van der Waals surface area contributed by atoms with Crippen LogP contribution in [0, 0.1) is 0 Å². The first-order valence-electron chi connectivity index (χ1n) is 9.15. The number of hydrogen-bond donors (Lipinski definition) is 0. The van der Waals surface area contributed by atoms with Crippen LogP contribution in [-0.4, -0.2) is 30.7 Å². The van der Waals surface area contributed by atoms with Crippen molar-refractivity contribution in [1.82, 2.24) is 0 Å². The molecule has 1 unspecified atom stereocenters. The van der Waals surface area contributed by atoms with Crippen LogP contribution in [0.1, 0.15) is 26.3 Å². The Morgan fingerprint density at radius 2 is 1.47 bits per heavy atom. The minimum atomic E-state index is -3.85. The Bertz CT molecular complexity index is 908. The molecule has 0 saturated carbocycles. The van der Waals surface area contributed by atoms with Crippen LogP contribution in [0.2, 0.25) is 10.0 Å². The first-order valence-corrected chi connectivity index (χ1v) is 11.5. The predicted octanol–water partition coefficient (Wildman–Crippen LogP) is 5.93. The van der Waals surface area contributed by atoms with Crippen LogP contribution in [0.5, 0.6) is 5.75 Å². The van der Waals surface area contributed by atoms with Gasteiger partial charge in [-0.3, -0.25) is 4.57 Å². The van der Waals surface area contributed by atoms with Gasteiger partial charge in [0.25, 0.3) is 0 Å². The Labute approximate surface area is 185 Å². The Morgan fingerprint density at radius 3 is 1.97 bits per heavy atom. The number of hydrogen-bond acceptors (Lipinski definition) is 7. The van der Waals surface area contributed by atoms with Crippen molar-refractivity contribution in [1.29, 1.82) is 0 Å². The minimum absolute atomic E-state index is 0.105. The fourth-order valence-corrected chi connectivity index (χ4v) is 4.14. The second kappa shape index (κ2) is 11.5. The summed E-state index contributed by atoms with van der Waals surface area (Å²) in [5.74, 6) is -0.365. The van der Waals surface area contributed by atoms with E-state index in [9.17, 15) is 9.36 Å². The highest BCUT2D eigenvalue weighted by molar-refractivity contribution is 7.73. The monoisotopic (exact) mass is 473 g/mol. The molecule has 0 aromatic heterocycles. The van der Waals surface area contributed by atoms with Crippen molar-refractivity contribution in [3.05, 3.63) is 64.1 Å². The summed E-state index contributed by atoms with van der Waals surface area (Å²) >= 11 is 11.8. The second-order valence-corrected chi connectivity index (χ2v) is 8.69. The number of carbonyl (C=O) groups excluding carboxylic acids is 1. The zero-order chi connectivity index (χ0) is 22.1. The Kier molecular flexibility index (Phi) is 9.34. The Hall–Kier alpha value is -1.89. The molecule has 2 aromatic carbocycles. The number of nitrogens with zero attached hydrogens (tertiary/aromatic N) is 1. The van der Waals surface area contributed by atoms with Gasteiger partial charge in [0.15, 0.2) is 11.6 Å². The van der Waals surface area contributed by atoms with Gasteiger partial charge in [-0.25, -0.2) is 4.79 Å². The Balaban J connectivity index is 2.26. The van der Waals surface area contributed by atoms with Gasteiger partial charge in [0.1, 0.15) is 5.75 Å². The van der Waals surface area contributed by atoms with Gasteiger partial charge >= 0.3 is 13.6 Å². The molecule has 7 nitrogen and oxygen atoms in total. The summed E-state index contributed by atoms with van der Waals surface area (Å²) in [6.07, 6.45) is -0.986. The topological polar surface area (TPSA) is 83.4 Å². The van der Waals surface area contributed by atoms with Crippen molar-refractivity contribution in [2.45, 2.75) is 26.9 Å². The van der Waals surface area contributed by atoms with Crippen LogP contribution in [0.4, 0.5) is 0 Å². The van der Waals surface area contributed by atoms with Gasteiger partial charge in [0.2, 0.25) is 0 Å². The number of ether oxygens (including phenoxy) is 1. The van der Waals surface area contributed by atoms with Gasteiger partial charge in [-0.15, -0.1) is 0 Å². The molecule has 0 fully saturated rings. The largest absolute Gasteiger partial charge is 0.479 e. The van der Waals surface area contributed by atoms with E-state index in [4.69, 9.17) is 41.8 Å². The summed E-state index contributed by atoms with van der Waals surface area (Å²) in [5, 5.41) is 4.83. The van der Waals surface area contributed by atoms with Crippen molar-refractivity contribution in [3.63, 3.8) is 0 Å². The summed E-state index contributed by atoms with van der Waals surface area (Å²) in [6, 6.07) is 12.8. The van der Waals surface area contributed by atoms with Crippen LogP contribution < -0.4 is 4.74 Å². The lowest BCUT2D eigenvalue weighted by atomic mass is 10.2. The predicted molar refractivity (Wildman–Crippen MR) is 116 cm³/mol. The quantitative estimate of drug-likeness (QED) is 0.184. The van der Waals surface area contributed by atoms with E-state index in [1.54, 1.807) is 62.4 Å². The summed E-state index contributed by atoms with van der Waals surface area (Å²) in [5.41, 5.74) is 0.235. The molecule has 30 heavy (non-hydrogen) atoms. The van der Waals surface area contributed by atoms with Gasteiger partial charge < -0.3 is 18.6 Å². The number of carbonyl (C=O) groups is 1. The molecule has 1 atom stereocenters. The summed E-state index contributed by atoms with van der Waals surface area (Å²) in [6.45, 7) is 5.04. The molecule has 0 amide bonds. The Morgan fingerprint density at radius 1 is 0.967 bits per heavy atom. The minimum Gasteiger partial charge on any atom is -0.479 e. The second-order valence-electron chi connectivity index (χ2n) is 5.88. The molecule has 10 heteroatoms. The smallest absolute Gasteiger partial charge is 0.383 e. The van der Waals surface area contributed by atoms with E-state index in [1.165, 1.54) is 6.92 Å². The molecule has 2 aromatic rings. The summed E-state index contributed by atoms with van der Waals surface area (Å²) < 4.78 is 29.5. The lowest BCUT2D eigenvalue weighted by Gasteiger charge is -2.19. The molecule has 0 aliphatic rings. The van der Waals surface area contributed by atoms with E-state index in [-0.39, 0.29) is 18.7 Å². The van der Waals surface area contributed by atoms with Crippen molar-refractivity contribution in [3.8, 4) is 5.75 Å². The third-order valence-electron chi connectivity index (χ3n) is 3.64. The molecule has 0 spiro atoms. The van der Waals surface area contributed by atoms with Crippen molar-refractivity contribution in [2.75, 3.05) is 13.2 Å². The molecule has 2 rings (SSSR count). The molecule has 0 bridgehead atoms. The zero-order valence-corrected chi connectivity index (χ0v) is 19.1. The molecule has 0 aliphatic heterocycles. The van der Waals surface area contributed by atoms with Gasteiger partial charge in [0.05, 0.1) is 13.2 Å². The highest BCUT2D eigenvalue weighted by atomic mass is 35.5. The molecule has 0 radical (unpaired) electrons. The molecule has 0 aliphatic carbocycles. The molecule has 0 N–H and O–H groups in total. The van der Waals surface area contributed by atoms with E-state index in [0.29, 0.717) is 21.4 Å². The maximum atomic E-state index is 13.3. The standard InChI is InChI=1S/C20H22Cl2NO6P/c1-4-26-30(25,27-5-2)19(15-6-8-16(21)9-7-15)23-29-20(24)14(3)28-18-12-10-17(22)11-13-18/h6-14H,4-5H2,1-3H3. The van der Waals surface area contributed by atoms with Crippen LogP contribution in [0.15, 0.2) is 53.7 Å². The van der Waals surface area contributed by atoms with E-state index in [2.05, 4.69) is 5.16 Å². The average Bonchev–Trinajstić information content (AvgIpc) is 2.71. The van der Waals surface area contributed by atoms with Crippen LogP contribution in [-0.2, 0) is 23.2 Å². The van der Waals surface area contributed by atoms with Gasteiger partial charge in [-0.2, -0.15) is 0 Å². The molecule has 162 valence electrons. The van der Waals surface area contributed by atoms with E-state index >= 15 is 0 Å². The van der Waals surface area contributed by atoms with Crippen molar-refractivity contribution < 1.29 is 28.0 Å².